The van der Waals surface area contributed by atoms with Gasteiger partial charge >= 0.3 is 0 Å². The Morgan fingerprint density at radius 3 is 2.70 bits per heavy atom. The fraction of sp³-hybridized carbons (Fsp3) is 0.857. The van der Waals surface area contributed by atoms with Crippen LogP contribution in [0, 0.1) is 0 Å². The Hall–Kier alpha value is -0.570. The van der Waals surface area contributed by atoms with Crippen LogP contribution in [0.25, 0.3) is 0 Å². The Bertz CT molecular complexity index is 139. The predicted molar refractivity (Wildman–Crippen MR) is 41.6 cm³/mol. The van der Waals surface area contributed by atoms with E-state index in [9.17, 15) is 4.79 Å². The molecule has 0 aromatic carbocycles. The lowest BCUT2D eigenvalue weighted by atomic mass is 10.1. The molecule has 2 N–H and O–H groups in total. The van der Waals surface area contributed by atoms with Crippen LogP contribution in [0.5, 0.6) is 0 Å². The summed E-state index contributed by atoms with van der Waals surface area (Å²) in [6.07, 6.45) is 1.47. The molecular formula is C7H16N2O. The Morgan fingerprint density at radius 1 is 1.80 bits per heavy atom. The smallest absolute Gasteiger partial charge is 0.234 e. The highest BCUT2D eigenvalue weighted by Gasteiger charge is 2.15. The molecule has 0 radical (unpaired) electrons. The number of hydrogen-bond acceptors (Lipinski definition) is 2. The van der Waals surface area contributed by atoms with Gasteiger partial charge in [0.15, 0.2) is 0 Å². The highest BCUT2D eigenvalue weighted by Crippen LogP contribution is 2.00. The first-order valence-corrected chi connectivity index (χ1v) is 3.29. The summed E-state index contributed by atoms with van der Waals surface area (Å²) in [6, 6.07) is -0.440. The van der Waals surface area contributed by atoms with Crippen molar-refractivity contribution in [2.24, 2.45) is 5.73 Å². The molecule has 3 nitrogen and oxygen atoms in total. The van der Waals surface area contributed by atoms with Gasteiger partial charge in [-0.1, -0.05) is 13.3 Å². The largest absolute Gasteiger partial charge is 0.368 e. The Morgan fingerprint density at radius 2 is 2.40 bits per heavy atom. The first-order valence-electron chi connectivity index (χ1n) is 4.70. The topological polar surface area (TPSA) is 46.3 Å². The van der Waals surface area contributed by atoms with Crippen molar-refractivity contribution in [2.75, 3.05) is 14.0 Å². The lowest BCUT2D eigenvalue weighted by molar-refractivity contribution is -0.122. The van der Waals surface area contributed by atoms with Gasteiger partial charge in [-0.2, -0.15) is 0 Å². The molecule has 0 unspecified atom stereocenters. The number of likely N-dealkylation sites (N-methyl/N-ethyl adjacent to an activating group) is 1. The zero-order valence-electron chi connectivity index (χ0n) is 8.34. The summed E-state index contributed by atoms with van der Waals surface area (Å²) in [4.78, 5) is 12.3. The second kappa shape index (κ2) is 4.28. The molecule has 0 saturated heterocycles. The molecule has 0 bridgehead atoms. The minimum absolute atomic E-state index is 0.0445. The quantitative estimate of drug-likeness (QED) is 0.616. The van der Waals surface area contributed by atoms with Crippen LogP contribution in [0.15, 0.2) is 0 Å². The van der Waals surface area contributed by atoms with Crippen molar-refractivity contribution in [3.63, 3.8) is 0 Å². The highest BCUT2D eigenvalue weighted by atomic mass is 16.1. The van der Waals surface area contributed by atoms with Crippen LogP contribution in [0.2, 0.25) is 0 Å². The summed E-state index contributed by atoms with van der Waals surface area (Å²) in [6.45, 7) is 1.95. The zero-order valence-corrected chi connectivity index (χ0v) is 6.34. The van der Waals surface area contributed by atoms with Crippen LogP contribution in [-0.4, -0.2) is 30.9 Å². The molecule has 0 saturated carbocycles. The van der Waals surface area contributed by atoms with Gasteiger partial charge in [-0.25, -0.2) is 0 Å². The van der Waals surface area contributed by atoms with Gasteiger partial charge in [0.05, 0.1) is 6.04 Å². The molecule has 0 rings (SSSR count). The summed E-state index contributed by atoms with van der Waals surface area (Å²) in [5, 5.41) is 0. The number of nitrogens with two attached hydrogens (primary N) is 1. The predicted octanol–water partition coefficient (Wildman–Crippen LogP) is 0.202. The molecule has 1 amide bonds. The maximum atomic E-state index is 10.9. The van der Waals surface area contributed by atoms with Crippen molar-refractivity contribution < 1.29 is 7.54 Å². The summed E-state index contributed by atoms with van der Waals surface area (Å²) < 4.78 is 14.1. The number of amides is 1. The minimum Gasteiger partial charge on any atom is -0.368 e. The number of carbonyl (C=O) groups excluding carboxylic acids is 1. The normalized spacial score (nSPS) is 16.2. The average molecular weight is 146 g/mol. The van der Waals surface area contributed by atoms with E-state index in [1.807, 2.05) is 6.92 Å². The number of hydrogen-bond donors (Lipinski definition) is 1. The van der Waals surface area contributed by atoms with E-state index >= 15 is 0 Å². The fourth-order valence-corrected chi connectivity index (χ4v) is 0.778. The molecule has 0 aromatic heterocycles. The average Bonchev–Trinajstić information content (AvgIpc) is 2.05. The number of carbonyl (C=O) groups is 1. The van der Waals surface area contributed by atoms with E-state index in [2.05, 4.69) is 0 Å². The fourth-order valence-electron chi connectivity index (χ4n) is 0.778. The van der Waals surface area contributed by atoms with Crippen molar-refractivity contribution in [2.45, 2.75) is 25.8 Å². The molecule has 0 aliphatic rings. The lowest BCUT2D eigenvalue weighted by Crippen LogP contribution is -2.40. The molecule has 10 heavy (non-hydrogen) atoms. The van der Waals surface area contributed by atoms with E-state index in [4.69, 9.17) is 8.48 Å². The minimum atomic E-state index is -0.440. The standard InChI is InChI=1S/C7H16N2O/c1-4-5-6(7(8)10)9(2)3/h6H,4-5H2,1-3H3,(H2,8,10)/t6-/m0/s1/i2D,3D. The maximum Gasteiger partial charge on any atom is 0.234 e. The molecule has 0 heterocycles. The highest BCUT2D eigenvalue weighted by molar-refractivity contribution is 5.79. The van der Waals surface area contributed by atoms with E-state index in [1.54, 1.807) is 0 Å². The van der Waals surface area contributed by atoms with Gasteiger partial charge in [-0.15, -0.1) is 0 Å². The van der Waals surface area contributed by atoms with E-state index in [-0.39, 0.29) is 14.0 Å². The molecule has 0 fully saturated rings. The maximum absolute atomic E-state index is 10.9. The summed E-state index contributed by atoms with van der Waals surface area (Å²) in [5.41, 5.74) is 5.13. The van der Waals surface area contributed by atoms with Gasteiger partial charge in [0.1, 0.15) is 0 Å². The molecule has 0 aliphatic carbocycles. The summed E-state index contributed by atoms with van der Waals surface area (Å²) in [5.74, 6) is -0.434. The van der Waals surface area contributed by atoms with Crippen molar-refractivity contribution in [3.05, 3.63) is 0 Å². The molecule has 1 atom stereocenters. The Balaban J connectivity index is 4.15. The SMILES string of the molecule is [2H]CN(C[2H])[C@@H](CCC)C(N)=O. The van der Waals surface area contributed by atoms with Crippen LogP contribution >= 0.6 is 0 Å². The van der Waals surface area contributed by atoms with Gasteiger partial charge < -0.3 is 5.73 Å². The van der Waals surface area contributed by atoms with E-state index in [0.29, 0.717) is 6.42 Å². The van der Waals surface area contributed by atoms with Gasteiger partial charge in [-0.05, 0) is 20.5 Å². The zero-order chi connectivity index (χ0) is 9.56. The van der Waals surface area contributed by atoms with Crippen LogP contribution in [0.3, 0.4) is 0 Å². The molecular weight excluding hydrogens is 128 g/mol. The van der Waals surface area contributed by atoms with Crippen molar-refractivity contribution in [1.82, 2.24) is 4.90 Å². The molecule has 0 aromatic rings. The van der Waals surface area contributed by atoms with Crippen LogP contribution in [0.1, 0.15) is 22.5 Å². The third kappa shape index (κ3) is 2.82. The summed E-state index contributed by atoms with van der Waals surface area (Å²) in [7, 11) is -0.0891. The summed E-state index contributed by atoms with van der Waals surface area (Å²) >= 11 is 0. The van der Waals surface area contributed by atoms with Gasteiger partial charge in [-0.3, -0.25) is 9.69 Å². The first kappa shape index (κ1) is 6.16. The third-order valence-electron chi connectivity index (χ3n) is 1.33. The second-order valence-corrected chi connectivity index (χ2v) is 2.30. The van der Waals surface area contributed by atoms with Gasteiger partial charge in [0, 0.05) is 2.74 Å². The second-order valence-electron chi connectivity index (χ2n) is 2.30. The van der Waals surface area contributed by atoms with Crippen molar-refractivity contribution in [1.29, 1.82) is 0 Å². The van der Waals surface area contributed by atoms with Crippen LogP contribution in [-0.2, 0) is 4.79 Å². The van der Waals surface area contributed by atoms with E-state index in [0.717, 1.165) is 6.42 Å². The van der Waals surface area contributed by atoms with Gasteiger partial charge in [0.2, 0.25) is 5.91 Å². The number of primary amides is 1. The van der Waals surface area contributed by atoms with E-state index < -0.39 is 11.9 Å². The van der Waals surface area contributed by atoms with Crippen molar-refractivity contribution in [3.8, 4) is 0 Å². The van der Waals surface area contributed by atoms with Crippen LogP contribution in [0.4, 0.5) is 0 Å². The third-order valence-corrected chi connectivity index (χ3v) is 1.33. The van der Waals surface area contributed by atoms with Crippen LogP contribution < -0.4 is 5.73 Å². The number of rotatable bonds is 4. The van der Waals surface area contributed by atoms with E-state index in [1.165, 1.54) is 4.90 Å². The molecule has 3 heteroatoms. The molecule has 60 valence electrons. The van der Waals surface area contributed by atoms with Gasteiger partial charge in [0.25, 0.3) is 0 Å². The first-order chi connectivity index (χ1) is 5.67. The molecule has 0 spiro atoms. The molecule has 0 aliphatic heterocycles. The Kier molecular flexibility index (Phi) is 2.64. The van der Waals surface area contributed by atoms with Crippen molar-refractivity contribution >= 4 is 5.91 Å². The number of nitrogens with zero attached hydrogens (tertiary/aromatic N) is 1. The Labute approximate surface area is 65.0 Å². The lowest BCUT2D eigenvalue weighted by Gasteiger charge is -2.19. The monoisotopic (exact) mass is 146 g/mol.